The molecule has 0 fully saturated rings. The van der Waals surface area contributed by atoms with E-state index < -0.39 is 0 Å². The molecule has 88 valence electrons. The van der Waals surface area contributed by atoms with E-state index in [0.717, 1.165) is 13.0 Å². The van der Waals surface area contributed by atoms with Crippen LogP contribution in [0.3, 0.4) is 0 Å². The summed E-state index contributed by atoms with van der Waals surface area (Å²) in [6, 6.07) is 0.403. The second-order valence-corrected chi connectivity index (χ2v) is 3.86. The third kappa shape index (κ3) is 22.6. The highest BCUT2D eigenvalue weighted by Crippen LogP contribution is 1.95. The van der Waals surface area contributed by atoms with Gasteiger partial charge in [0.2, 0.25) is 0 Å². The van der Waals surface area contributed by atoms with Crippen molar-refractivity contribution in [3.8, 4) is 0 Å². The molecular weight excluding hydrogens is 176 g/mol. The lowest BCUT2D eigenvalue weighted by Crippen LogP contribution is -2.13. The van der Waals surface area contributed by atoms with Crippen LogP contribution in [0.5, 0.6) is 0 Å². The summed E-state index contributed by atoms with van der Waals surface area (Å²) in [7, 11) is 1.88. The van der Waals surface area contributed by atoms with Crippen LogP contribution in [0.1, 0.15) is 46.5 Å². The highest BCUT2D eigenvalue weighted by molar-refractivity contribution is 4.50. The molecule has 4 N–H and O–H groups in total. The van der Waals surface area contributed by atoms with E-state index in [4.69, 9.17) is 10.8 Å². The molecule has 0 aliphatic heterocycles. The standard InChI is InChI=1S/C6H15N.C5H13NO/c1-3-4-5-6(2)7;1-5(7)3-4-6-2/h6H,3-5,7H2,1-2H3;5-7H,3-4H2,1-2H3. The number of hydrogen-bond acceptors (Lipinski definition) is 3. The number of rotatable bonds is 6. The van der Waals surface area contributed by atoms with E-state index in [1.165, 1.54) is 19.3 Å². The van der Waals surface area contributed by atoms with Crippen molar-refractivity contribution in [2.45, 2.75) is 58.6 Å². The molecular formula is C11H28N2O. The maximum atomic E-state index is 8.64. The Morgan fingerprint density at radius 1 is 1.29 bits per heavy atom. The molecule has 0 radical (unpaired) electrons. The summed E-state index contributed by atoms with van der Waals surface area (Å²) in [6.45, 7) is 6.92. The molecule has 0 aromatic rings. The molecule has 0 saturated heterocycles. The third-order valence-corrected chi connectivity index (χ3v) is 1.83. The van der Waals surface area contributed by atoms with E-state index in [9.17, 15) is 0 Å². The molecule has 0 aliphatic rings. The Bertz CT molecular complexity index is 83.3. The molecule has 0 aromatic carbocycles. The van der Waals surface area contributed by atoms with Crippen LogP contribution in [0, 0.1) is 0 Å². The minimum Gasteiger partial charge on any atom is -0.393 e. The van der Waals surface area contributed by atoms with Gasteiger partial charge in [-0.25, -0.2) is 0 Å². The number of nitrogens with two attached hydrogens (primary N) is 1. The maximum absolute atomic E-state index is 8.64. The first-order valence-electron chi connectivity index (χ1n) is 5.62. The molecule has 0 amide bonds. The zero-order chi connectivity index (χ0) is 11.4. The fourth-order valence-electron chi connectivity index (χ4n) is 0.879. The summed E-state index contributed by atoms with van der Waals surface area (Å²) in [4.78, 5) is 0. The molecule has 3 heteroatoms. The van der Waals surface area contributed by atoms with Crippen LogP contribution in [0.2, 0.25) is 0 Å². The molecule has 2 unspecified atom stereocenters. The highest BCUT2D eigenvalue weighted by atomic mass is 16.3. The molecule has 0 rings (SSSR count). The summed E-state index contributed by atoms with van der Waals surface area (Å²) < 4.78 is 0. The Labute approximate surface area is 89.1 Å². The fraction of sp³-hybridized carbons (Fsp3) is 1.00. The van der Waals surface area contributed by atoms with Gasteiger partial charge in [-0.3, -0.25) is 0 Å². The molecule has 14 heavy (non-hydrogen) atoms. The molecule has 0 saturated carbocycles. The van der Waals surface area contributed by atoms with Crippen LogP contribution in [-0.2, 0) is 0 Å². The molecule has 0 spiro atoms. The zero-order valence-corrected chi connectivity index (χ0v) is 10.2. The summed E-state index contributed by atoms with van der Waals surface area (Å²) in [5, 5.41) is 11.6. The number of aliphatic hydroxyl groups excluding tert-OH is 1. The largest absolute Gasteiger partial charge is 0.393 e. The predicted octanol–water partition coefficient (Wildman–Crippen LogP) is 1.50. The lowest BCUT2D eigenvalue weighted by Gasteiger charge is -1.99. The van der Waals surface area contributed by atoms with Crippen molar-refractivity contribution >= 4 is 0 Å². The minimum atomic E-state index is -0.160. The fourth-order valence-corrected chi connectivity index (χ4v) is 0.879. The molecule has 0 heterocycles. The van der Waals surface area contributed by atoms with Crippen molar-refractivity contribution in [1.29, 1.82) is 0 Å². The smallest absolute Gasteiger partial charge is 0.0524 e. The SMILES string of the molecule is CCCCC(C)N.CNCCC(C)O. The van der Waals surface area contributed by atoms with E-state index in [2.05, 4.69) is 19.2 Å². The van der Waals surface area contributed by atoms with Crippen molar-refractivity contribution in [2.24, 2.45) is 5.73 Å². The van der Waals surface area contributed by atoms with Crippen LogP contribution in [-0.4, -0.2) is 30.8 Å². The van der Waals surface area contributed by atoms with Gasteiger partial charge in [0, 0.05) is 6.04 Å². The Morgan fingerprint density at radius 3 is 2.00 bits per heavy atom. The maximum Gasteiger partial charge on any atom is 0.0524 e. The van der Waals surface area contributed by atoms with E-state index in [0.29, 0.717) is 6.04 Å². The summed E-state index contributed by atoms with van der Waals surface area (Å²) >= 11 is 0. The second-order valence-electron chi connectivity index (χ2n) is 3.86. The first-order valence-corrected chi connectivity index (χ1v) is 5.62. The van der Waals surface area contributed by atoms with E-state index in [-0.39, 0.29) is 6.10 Å². The van der Waals surface area contributed by atoms with Gasteiger partial charge in [-0.2, -0.15) is 0 Å². The highest BCUT2D eigenvalue weighted by Gasteiger charge is 1.90. The van der Waals surface area contributed by atoms with Gasteiger partial charge in [0.15, 0.2) is 0 Å². The van der Waals surface area contributed by atoms with Gasteiger partial charge in [0.25, 0.3) is 0 Å². The van der Waals surface area contributed by atoms with Crippen molar-refractivity contribution < 1.29 is 5.11 Å². The van der Waals surface area contributed by atoms with Crippen molar-refractivity contribution in [1.82, 2.24) is 5.32 Å². The number of unbranched alkanes of at least 4 members (excludes halogenated alkanes) is 1. The van der Waals surface area contributed by atoms with Gasteiger partial charge < -0.3 is 16.2 Å². The molecule has 0 aliphatic carbocycles. The second kappa shape index (κ2) is 12.9. The topological polar surface area (TPSA) is 58.3 Å². The molecule has 3 nitrogen and oxygen atoms in total. The summed E-state index contributed by atoms with van der Waals surface area (Å²) in [5.74, 6) is 0. The normalized spacial score (nSPS) is 14.1. The van der Waals surface area contributed by atoms with Gasteiger partial charge in [-0.15, -0.1) is 0 Å². The third-order valence-electron chi connectivity index (χ3n) is 1.83. The lowest BCUT2D eigenvalue weighted by molar-refractivity contribution is 0.184. The minimum absolute atomic E-state index is 0.160. The number of aliphatic hydroxyl groups is 1. The van der Waals surface area contributed by atoms with E-state index in [1.807, 2.05) is 7.05 Å². The van der Waals surface area contributed by atoms with Gasteiger partial charge in [0.05, 0.1) is 6.10 Å². The predicted molar refractivity (Wildman–Crippen MR) is 63.4 cm³/mol. The molecule has 0 aromatic heterocycles. The Morgan fingerprint density at radius 2 is 1.86 bits per heavy atom. The van der Waals surface area contributed by atoms with Gasteiger partial charge >= 0.3 is 0 Å². The lowest BCUT2D eigenvalue weighted by atomic mass is 10.2. The quantitative estimate of drug-likeness (QED) is 0.614. The van der Waals surface area contributed by atoms with Crippen molar-refractivity contribution in [2.75, 3.05) is 13.6 Å². The summed E-state index contributed by atoms with van der Waals surface area (Å²) in [5.41, 5.74) is 5.48. The van der Waals surface area contributed by atoms with Crippen LogP contribution < -0.4 is 11.1 Å². The number of hydrogen-bond donors (Lipinski definition) is 3. The van der Waals surface area contributed by atoms with Crippen molar-refractivity contribution in [3.05, 3.63) is 0 Å². The van der Waals surface area contributed by atoms with Crippen LogP contribution in [0.25, 0.3) is 0 Å². The van der Waals surface area contributed by atoms with Gasteiger partial charge in [0.1, 0.15) is 0 Å². The zero-order valence-electron chi connectivity index (χ0n) is 10.2. The Hall–Kier alpha value is -0.120. The molecule has 2 atom stereocenters. The van der Waals surface area contributed by atoms with E-state index in [1.54, 1.807) is 6.92 Å². The van der Waals surface area contributed by atoms with Gasteiger partial charge in [-0.1, -0.05) is 19.8 Å². The monoisotopic (exact) mass is 204 g/mol. The first-order chi connectivity index (χ1) is 6.54. The summed E-state index contributed by atoms with van der Waals surface area (Å²) in [6.07, 6.45) is 4.40. The van der Waals surface area contributed by atoms with E-state index >= 15 is 0 Å². The Kier molecular flexibility index (Phi) is 15.0. The van der Waals surface area contributed by atoms with Crippen LogP contribution >= 0.6 is 0 Å². The van der Waals surface area contributed by atoms with Crippen LogP contribution in [0.15, 0.2) is 0 Å². The molecule has 0 bridgehead atoms. The van der Waals surface area contributed by atoms with Crippen LogP contribution in [0.4, 0.5) is 0 Å². The Balaban J connectivity index is 0. The van der Waals surface area contributed by atoms with Gasteiger partial charge in [-0.05, 0) is 40.3 Å². The number of nitrogens with one attached hydrogen (secondary N) is 1. The average Bonchev–Trinajstić information content (AvgIpc) is 2.12. The average molecular weight is 204 g/mol. The van der Waals surface area contributed by atoms with Crippen molar-refractivity contribution in [3.63, 3.8) is 0 Å². The first kappa shape index (κ1) is 16.3.